The Kier molecular flexibility index (Phi) is 9.08. The lowest BCUT2D eigenvalue weighted by Crippen LogP contribution is -2.09. The summed E-state index contributed by atoms with van der Waals surface area (Å²) < 4.78 is 20.8. The van der Waals surface area contributed by atoms with Crippen molar-refractivity contribution in [1.82, 2.24) is 0 Å². The van der Waals surface area contributed by atoms with Crippen LogP contribution in [0, 0.1) is 0 Å². The van der Waals surface area contributed by atoms with E-state index >= 15 is 0 Å². The SMILES string of the molecule is CC(=O)Nc1ccc(OC(=O)c2ccccc2O)cc1.COc1ccc(-c2coc3c(OC)c(O)ccc3c2=O)cc1. The van der Waals surface area contributed by atoms with Gasteiger partial charge in [-0.1, -0.05) is 24.3 Å². The summed E-state index contributed by atoms with van der Waals surface area (Å²) in [6.45, 7) is 1.41. The molecule has 0 spiro atoms. The van der Waals surface area contributed by atoms with Gasteiger partial charge in [-0.15, -0.1) is 0 Å². The van der Waals surface area contributed by atoms with E-state index in [0.717, 1.165) is 5.56 Å². The van der Waals surface area contributed by atoms with E-state index in [9.17, 15) is 24.6 Å². The number of fused-ring (bicyclic) bond motifs is 1. The Balaban J connectivity index is 0.000000194. The summed E-state index contributed by atoms with van der Waals surface area (Å²) in [4.78, 5) is 35.4. The van der Waals surface area contributed by atoms with Crippen LogP contribution in [0.4, 0.5) is 5.69 Å². The molecule has 0 bridgehead atoms. The molecular formula is C32H27NO9. The lowest BCUT2D eigenvalue weighted by Gasteiger charge is -2.08. The molecule has 1 aromatic heterocycles. The van der Waals surface area contributed by atoms with Gasteiger partial charge in [0.05, 0.1) is 25.2 Å². The molecule has 0 atom stereocenters. The average molecular weight is 570 g/mol. The lowest BCUT2D eigenvalue weighted by atomic mass is 10.1. The molecule has 0 saturated carbocycles. The van der Waals surface area contributed by atoms with Crippen LogP contribution in [0.5, 0.6) is 28.7 Å². The fourth-order valence-electron chi connectivity index (χ4n) is 3.95. The molecule has 0 aliphatic rings. The molecule has 0 unspecified atom stereocenters. The van der Waals surface area contributed by atoms with Gasteiger partial charge in [-0.05, 0) is 66.2 Å². The summed E-state index contributed by atoms with van der Waals surface area (Å²) in [5.41, 5.74) is 1.90. The minimum absolute atomic E-state index is 0.0738. The van der Waals surface area contributed by atoms with Gasteiger partial charge in [-0.2, -0.15) is 0 Å². The molecule has 214 valence electrons. The van der Waals surface area contributed by atoms with Crippen molar-refractivity contribution in [2.75, 3.05) is 19.5 Å². The van der Waals surface area contributed by atoms with Gasteiger partial charge < -0.3 is 34.2 Å². The number of phenolic OH excluding ortho intramolecular Hbond substituents is 2. The van der Waals surface area contributed by atoms with E-state index in [0.29, 0.717) is 28.1 Å². The minimum atomic E-state index is -0.643. The number of anilines is 1. The van der Waals surface area contributed by atoms with Gasteiger partial charge in [0.2, 0.25) is 17.1 Å². The van der Waals surface area contributed by atoms with Crippen LogP contribution in [0.15, 0.2) is 100 Å². The highest BCUT2D eigenvalue weighted by Crippen LogP contribution is 2.34. The summed E-state index contributed by atoms with van der Waals surface area (Å²) in [5, 5.41) is 22.3. The van der Waals surface area contributed by atoms with Gasteiger partial charge in [0.25, 0.3) is 0 Å². The molecule has 10 nitrogen and oxygen atoms in total. The van der Waals surface area contributed by atoms with Gasteiger partial charge >= 0.3 is 5.97 Å². The number of rotatable bonds is 6. The van der Waals surface area contributed by atoms with Gasteiger partial charge in [0.15, 0.2) is 11.3 Å². The summed E-state index contributed by atoms with van der Waals surface area (Å²) in [6.07, 6.45) is 1.37. The first-order valence-corrected chi connectivity index (χ1v) is 12.6. The van der Waals surface area contributed by atoms with Crippen LogP contribution in [-0.2, 0) is 4.79 Å². The number of esters is 1. The molecule has 42 heavy (non-hydrogen) atoms. The zero-order valence-electron chi connectivity index (χ0n) is 22.9. The van der Waals surface area contributed by atoms with Crippen LogP contribution in [0.25, 0.3) is 22.1 Å². The second kappa shape index (κ2) is 13.1. The van der Waals surface area contributed by atoms with Gasteiger partial charge in [-0.3, -0.25) is 9.59 Å². The summed E-state index contributed by atoms with van der Waals surface area (Å²) >= 11 is 0. The number of amides is 1. The number of methoxy groups -OCH3 is 2. The first-order chi connectivity index (χ1) is 20.2. The second-order valence-corrected chi connectivity index (χ2v) is 8.81. The van der Waals surface area contributed by atoms with Crippen LogP contribution in [0.2, 0.25) is 0 Å². The maximum absolute atomic E-state index is 12.6. The summed E-state index contributed by atoms with van der Waals surface area (Å²) in [5.74, 6) is 0.158. The predicted molar refractivity (Wildman–Crippen MR) is 156 cm³/mol. The van der Waals surface area contributed by atoms with Gasteiger partial charge in [0, 0.05) is 12.6 Å². The maximum Gasteiger partial charge on any atom is 0.347 e. The molecular weight excluding hydrogens is 542 g/mol. The Morgan fingerprint density at radius 2 is 1.45 bits per heavy atom. The number of ether oxygens (including phenoxy) is 3. The van der Waals surface area contributed by atoms with Crippen molar-refractivity contribution >= 4 is 28.5 Å². The van der Waals surface area contributed by atoms with E-state index < -0.39 is 5.97 Å². The number of nitrogens with one attached hydrogen (secondary N) is 1. The van der Waals surface area contributed by atoms with Crippen molar-refractivity contribution in [3.05, 3.63) is 107 Å². The van der Waals surface area contributed by atoms with Crippen LogP contribution in [0.1, 0.15) is 17.3 Å². The van der Waals surface area contributed by atoms with Gasteiger partial charge in [-0.25, -0.2) is 4.79 Å². The largest absolute Gasteiger partial charge is 0.507 e. The number of carbonyl (C=O) groups is 2. The van der Waals surface area contributed by atoms with Crippen LogP contribution in [-0.4, -0.2) is 36.3 Å². The van der Waals surface area contributed by atoms with Crippen LogP contribution < -0.4 is 25.0 Å². The molecule has 1 amide bonds. The summed E-state index contributed by atoms with van der Waals surface area (Å²) in [6, 6.07) is 22.6. The monoisotopic (exact) mass is 569 g/mol. The maximum atomic E-state index is 12.6. The van der Waals surface area contributed by atoms with Crippen molar-refractivity contribution < 1.29 is 38.4 Å². The smallest absolute Gasteiger partial charge is 0.347 e. The Bertz CT molecular complexity index is 1780. The number of benzene rings is 4. The van der Waals surface area contributed by atoms with Crippen molar-refractivity contribution in [1.29, 1.82) is 0 Å². The fraction of sp³-hybridized carbons (Fsp3) is 0.0938. The highest BCUT2D eigenvalue weighted by atomic mass is 16.5. The molecule has 0 aliphatic carbocycles. The number of para-hydroxylation sites is 1. The van der Waals surface area contributed by atoms with Crippen molar-refractivity contribution in [3.8, 4) is 39.9 Å². The molecule has 0 aliphatic heterocycles. The normalized spacial score (nSPS) is 10.3. The van der Waals surface area contributed by atoms with E-state index in [1.54, 1.807) is 67.8 Å². The van der Waals surface area contributed by atoms with Crippen molar-refractivity contribution in [2.24, 2.45) is 0 Å². The third kappa shape index (κ3) is 6.68. The summed E-state index contributed by atoms with van der Waals surface area (Å²) in [7, 11) is 2.99. The molecule has 5 aromatic rings. The molecule has 5 rings (SSSR count). The Morgan fingerprint density at radius 1 is 0.786 bits per heavy atom. The molecule has 1 heterocycles. The third-order valence-corrected chi connectivity index (χ3v) is 5.99. The van der Waals surface area contributed by atoms with E-state index in [2.05, 4.69) is 5.32 Å². The molecule has 4 aromatic carbocycles. The predicted octanol–water partition coefficient (Wildman–Crippen LogP) is 5.75. The first kappa shape index (κ1) is 29.2. The number of aromatic hydroxyl groups is 2. The molecule has 0 radical (unpaired) electrons. The minimum Gasteiger partial charge on any atom is -0.507 e. The van der Waals surface area contributed by atoms with Gasteiger partial charge in [0.1, 0.15) is 29.1 Å². The van der Waals surface area contributed by atoms with E-state index in [1.165, 1.54) is 44.6 Å². The zero-order chi connectivity index (χ0) is 30.2. The molecule has 3 N–H and O–H groups in total. The first-order valence-electron chi connectivity index (χ1n) is 12.6. The quantitative estimate of drug-likeness (QED) is 0.172. The Hall–Kier alpha value is -5.77. The zero-order valence-corrected chi connectivity index (χ0v) is 22.9. The lowest BCUT2D eigenvalue weighted by molar-refractivity contribution is -0.114. The topological polar surface area (TPSA) is 145 Å². The van der Waals surface area contributed by atoms with E-state index in [4.69, 9.17) is 18.6 Å². The number of hydrogen-bond donors (Lipinski definition) is 3. The number of carbonyl (C=O) groups excluding carboxylic acids is 2. The van der Waals surface area contributed by atoms with E-state index in [1.807, 2.05) is 0 Å². The molecule has 10 heteroatoms. The second-order valence-electron chi connectivity index (χ2n) is 8.81. The fourth-order valence-corrected chi connectivity index (χ4v) is 3.95. The van der Waals surface area contributed by atoms with Crippen LogP contribution >= 0.6 is 0 Å². The molecule has 0 fully saturated rings. The third-order valence-electron chi connectivity index (χ3n) is 5.99. The highest BCUT2D eigenvalue weighted by molar-refractivity contribution is 5.94. The van der Waals surface area contributed by atoms with Crippen LogP contribution in [0.3, 0.4) is 0 Å². The highest BCUT2D eigenvalue weighted by Gasteiger charge is 2.16. The van der Waals surface area contributed by atoms with Crippen molar-refractivity contribution in [2.45, 2.75) is 6.92 Å². The Morgan fingerprint density at radius 3 is 2.07 bits per heavy atom. The Labute approximate surface area is 240 Å². The average Bonchev–Trinajstić information content (AvgIpc) is 2.99. The standard InChI is InChI=1S/C17H14O5.C15H13NO4/c1-20-11-5-3-10(4-6-11)13-9-22-16-12(15(13)19)7-8-14(18)17(16)21-2;1-10(17)16-11-6-8-12(9-7-11)20-15(19)13-4-2-3-5-14(13)18/h3-9,18H,1-2H3;2-9,18H,1H3,(H,16,17). The van der Waals surface area contributed by atoms with E-state index in [-0.39, 0.29) is 39.7 Å². The number of hydrogen-bond acceptors (Lipinski definition) is 9. The number of phenols is 2. The van der Waals surface area contributed by atoms with Crippen molar-refractivity contribution in [3.63, 3.8) is 0 Å². The molecule has 0 saturated heterocycles.